The van der Waals surface area contributed by atoms with Gasteiger partial charge in [0, 0.05) is 22.0 Å². The number of hydrogen-bond acceptors (Lipinski definition) is 7. The summed E-state index contributed by atoms with van der Waals surface area (Å²) in [5.41, 5.74) is 2.30. The number of benzene rings is 1. The van der Waals surface area contributed by atoms with Crippen LogP contribution in [0.1, 0.15) is 16.2 Å². The SMILES string of the molecule is Cc1cc(NC(=O)c2ccc([N+](=O)[O-])o2)n(-c2nc(-c3ccc(Cl)cc3)cs2)n1. The summed E-state index contributed by atoms with van der Waals surface area (Å²) in [5.74, 6) is -0.951. The van der Waals surface area contributed by atoms with E-state index >= 15 is 0 Å². The normalized spacial score (nSPS) is 10.8. The molecule has 3 aromatic heterocycles. The lowest BCUT2D eigenvalue weighted by molar-refractivity contribution is -0.402. The van der Waals surface area contributed by atoms with Gasteiger partial charge in [-0.15, -0.1) is 11.3 Å². The van der Waals surface area contributed by atoms with E-state index in [0.717, 1.165) is 17.3 Å². The maximum Gasteiger partial charge on any atom is 0.433 e. The highest BCUT2D eigenvalue weighted by Crippen LogP contribution is 2.27. The van der Waals surface area contributed by atoms with Crippen LogP contribution >= 0.6 is 22.9 Å². The fraction of sp³-hybridized carbons (Fsp3) is 0.0556. The number of nitrogens with one attached hydrogen (secondary N) is 1. The molecule has 4 aromatic rings. The average molecular weight is 430 g/mol. The van der Waals surface area contributed by atoms with Crippen molar-refractivity contribution in [2.75, 3.05) is 5.32 Å². The lowest BCUT2D eigenvalue weighted by Crippen LogP contribution is -2.14. The molecule has 0 atom stereocenters. The largest absolute Gasteiger partial charge is 0.433 e. The van der Waals surface area contributed by atoms with Gasteiger partial charge in [-0.1, -0.05) is 23.7 Å². The Kier molecular flexibility index (Phi) is 4.87. The number of thiazole rings is 1. The van der Waals surface area contributed by atoms with Gasteiger partial charge in [-0.25, -0.2) is 4.98 Å². The first-order valence-corrected chi connectivity index (χ1v) is 9.50. The van der Waals surface area contributed by atoms with Crippen molar-refractivity contribution in [3.8, 4) is 16.4 Å². The van der Waals surface area contributed by atoms with Crippen LogP contribution in [0.3, 0.4) is 0 Å². The van der Waals surface area contributed by atoms with Crippen LogP contribution in [-0.2, 0) is 0 Å². The molecule has 1 N–H and O–H groups in total. The Hall–Kier alpha value is -3.50. The van der Waals surface area contributed by atoms with E-state index in [0.29, 0.717) is 21.7 Å². The van der Waals surface area contributed by atoms with Gasteiger partial charge < -0.3 is 9.73 Å². The molecule has 1 aromatic carbocycles. The Bertz CT molecular complexity index is 1210. The number of nitrogens with zero attached hydrogens (tertiary/aromatic N) is 4. The third kappa shape index (κ3) is 3.89. The molecule has 0 fully saturated rings. The van der Waals surface area contributed by atoms with Gasteiger partial charge in [-0.05, 0) is 25.1 Å². The second-order valence-corrected chi connectivity index (χ2v) is 7.23. The number of carbonyl (C=O) groups is 1. The average Bonchev–Trinajstić information content (AvgIpc) is 3.41. The quantitative estimate of drug-likeness (QED) is 0.362. The molecule has 0 aliphatic carbocycles. The van der Waals surface area contributed by atoms with Gasteiger partial charge >= 0.3 is 5.88 Å². The number of carbonyl (C=O) groups excluding carboxylic acids is 1. The molecule has 4 rings (SSSR count). The zero-order chi connectivity index (χ0) is 20.5. The molecule has 0 saturated carbocycles. The molecule has 9 nitrogen and oxygen atoms in total. The minimum Gasteiger partial charge on any atom is -0.395 e. The fourth-order valence-electron chi connectivity index (χ4n) is 2.57. The van der Waals surface area contributed by atoms with E-state index in [9.17, 15) is 14.9 Å². The van der Waals surface area contributed by atoms with Gasteiger partial charge in [0.25, 0.3) is 5.91 Å². The molecule has 146 valence electrons. The monoisotopic (exact) mass is 429 g/mol. The summed E-state index contributed by atoms with van der Waals surface area (Å²) in [6.45, 7) is 1.78. The number of amides is 1. The zero-order valence-corrected chi connectivity index (χ0v) is 16.4. The third-order valence-corrected chi connectivity index (χ3v) is 4.95. The van der Waals surface area contributed by atoms with E-state index in [1.54, 1.807) is 25.1 Å². The summed E-state index contributed by atoms with van der Waals surface area (Å²) in [6.07, 6.45) is 0. The molecule has 0 spiro atoms. The molecule has 0 aliphatic rings. The van der Waals surface area contributed by atoms with Gasteiger partial charge in [0.1, 0.15) is 10.7 Å². The molecule has 0 radical (unpaired) electrons. The summed E-state index contributed by atoms with van der Waals surface area (Å²) in [6, 6.07) is 11.3. The van der Waals surface area contributed by atoms with Crippen molar-refractivity contribution in [3.63, 3.8) is 0 Å². The summed E-state index contributed by atoms with van der Waals surface area (Å²) in [4.78, 5) is 27.0. The maximum absolute atomic E-state index is 12.4. The fourth-order valence-corrected chi connectivity index (χ4v) is 3.50. The van der Waals surface area contributed by atoms with Gasteiger partial charge in [0.15, 0.2) is 5.76 Å². The van der Waals surface area contributed by atoms with Crippen molar-refractivity contribution < 1.29 is 14.1 Å². The molecular weight excluding hydrogens is 418 g/mol. The van der Waals surface area contributed by atoms with Crippen molar-refractivity contribution in [2.45, 2.75) is 6.92 Å². The number of furan rings is 1. The van der Waals surface area contributed by atoms with Crippen molar-refractivity contribution in [3.05, 3.63) is 74.4 Å². The highest BCUT2D eigenvalue weighted by atomic mass is 35.5. The maximum atomic E-state index is 12.4. The van der Waals surface area contributed by atoms with Crippen LogP contribution < -0.4 is 5.32 Å². The molecule has 11 heteroatoms. The van der Waals surface area contributed by atoms with E-state index in [2.05, 4.69) is 15.4 Å². The minimum atomic E-state index is -0.709. The Balaban J connectivity index is 1.61. The first kappa shape index (κ1) is 18.8. The Labute approximate surface area is 172 Å². The smallest absolute Gasteiger partial charge is 0.395 e. The van der Waals surface area contributed by atoms with Crippen LogP contribution in [0.4, 0.5) is 11.7 Å². The number of halogens is 1. The van der Waals surface area contributed by atoms with Gasteiger partial charge in [-0.3, -0.25) is 14.9 Å². The van der Waals surface area contributed by atoms with E-state index in [-0.39, 0.29) is 5.76 Å². The van der Waals surface area contributed by atoms with Crippen LogP contribution in [0, 0.1) is 17.0 Å². The molecule has 0 bridgehead atoms. The Morgan fingerprint density at radius 3 is 2.72 bits per heavy atom. The number of nitro groups is 1. The molecule has 1 amide bonds. The predicted octanol–water partition coefficient (Wildman–Crippen LogP) is 4.71. The Morgan fingerprint density at radius 2 is 2.03 bits per heavy atom. The second-order valence-electron chi connectivity index (χ2n) is 5.95. The van der Waals surface area contributed by atoms with E-state index in [1.807, 2.05) is 17.5 Å². The van der Waals surface area contributed by atoms with Crippen LogP contribution in [0.25, 0.3) is 16.4 Å². The van der Waals surface area contributed by atoms with E-state index in [4.69, 9.17) is 16.0 Å². The number of anilines is 1. The van der Waals surface area contributed by atoms with Crippen molar-refractivity contribution in [1.82, 2.24) is 14.8 Å². The van der Waals surface area contributed by atoms with Crippen LogP contribution in [0.5, 0.6) is 0 Å². The number of hydrogen-bond donors (Lipinski definition) is 1. The highest BCUT2D eigenvalue weighted by molar-refractivity contribution is 7.12. The Morgan fingerprint density at radius 1 is 1.28 bits per heavy atom. The standard InChI is InChI=1S/C18H12ClN5O4S/c1-10-8-15(21-17(25)14-6-7-16(28-14)24(26)27)23(22-10)18-20-13(9-29-18)11-2-4-12(19)5-3-11/h2-9H,1H3,(H,21,25). The highest BCUT2D eigenvalue weighted by Gasteiger charge is 2.20. The third-order valence-electron chi connectivity index (χ3n) is 3.88. The van der Waals surface area contributed by atoms with Crippen LogP contribution in [0.2, 0.25) is 5.02 Å². The first-order valence-electron chi connectivity index (χ1n) is 8.25. The topological polar surface area (TPSA) is 116 Å². The molecule has 0 saturated heterocycles. The van der Waals surface area contributed by atoms with Crippen LogP contribution in [-0.4, -0.2) is 25.6 Å². The number of aryl methyl sites for hydroxylation is 1. The molecular formula is C18H12ClN5O4S. The summed E-state index contributed by atoms with van der Waals surface area (Å²) in [7, 11) is 0. The van der Waals surface area contributed by atoms with E-state index < -0.39 is 16.7 Å². The summed E-state index contributed by atoms with van der Waals surface area (Å²) < 4.78 is 6.43. The molecule has 29 heavy (non-hydrogen) atoms. The molecule has 3 heterocycles. The number of rotatable bonds is 5. The van der Waals surface area contributed by atoms with Crippen molar-refractivity contribution in [2.24, 2.45) is 0 Å². The zero-order valence-electron chi connectivity index (χ0n) is 14.8. The van der Waals surface area contributed by atoms with Crippen molar-refractivity contribution in [1.29, 1.82) is 0 Å². The van der Waals surface area contributed by atoms with Crippen molar-refractivity contribution >= 4 is 40.5 Å². The summed E-state index contributed by atoms with van der Waals surface area (Å²) >= 11 is 7.28. The lowest BCUT2D eigenvalue weighted by Gasteiger charge is -2.04. The predicted molar refractivity (Wildman–Crippen MR) is 108 cm³/mol. The second kappa shape index (κ2) is 7.49. The van der Waals surface area contributed by atoms with E-state index in [1.165, 1.54) is 22.1 Å². The summed E-state index contributed by atoms with van der Waals surface area (Å²) in [5, 5.41) is 20.8. The lowest BCUT2D eigenvalue weighted by atomic mass is 10.2. The van der Waals surface area contributed by atoms with Gasteiger partial charge in [0.05, 0.1) is 17.5 Å². The number of aromatic nitrogens is 3. The van der Waals surface area contributed by atoms with Crippen LogP contribution in [0.15, 0.2) is 52.3 Å². The molecule has 0 aliphatic heterocycles. The first-order chi connectivity index (χ1) is 13.9. The van der Waals surface area contributed by atoms with Gasteiger partial charge in [-0.2, -0.15) is 9.78 Å². The molecule has 0 unspecified atom stereocenters. The van der Waals surface area contributed by atoms with Gasteiger partial charge in [0.2, 0.25) is 5.13 Å². The minimum absolute atomic E-state index is 0.178.